The molecule has 1 aliphatic rings. The molecule has 1 heterocycles. The standard InChI is InChI=1S/C9H13N3O/c1-2-6-7(8(10)13)12-9(11-6)5-3-4-5/h5H,2-4H2,1H3,(H2,10,13)(H,11,12). The van der Waals surface area contributed by atoms with E-state index >= 15 is 0 Å². The van der Waals surface area contributed by atoms with Gasteiger partial charge in [-0.2, -0.15) is 0 Å². The van der Waals surface area contributed by atoms with E-state index in [1.54, 1.807) is 0 Å². The summed E-state index contributed by atoms with van der Waals surface area (Å²) in [7, 11) is 0. The van der Waals surface area contributed by atoms with Gasteiger partial charge in [-0.25, -0.2) is 4.98 Å². The maximum Gasteiger partial charge on any atom is 0.269 e. The van der Waals surface area contributed by atoms with Crippen LogP contribution in [0.4, 0.5) is 0 Å². The lowest BCUT2D eigenvalue weighted by atomic mass is 10.2. The highest BCUT2D eigenvalue weighted by molar-refractivity contribution is 5.92. The van der Waals surface area contributed by atoms with Crippen LogP contribution in [0.2, 0.25) is 0 Å². The van der Waals surface area contributed by atoms with E-state index in [-0.39, 0.29) is 0 Å². The maximum atomic E-state index is 11.0. The second kappa shape index (κ2) is 2.87. The minimum Gasteiger partial charge on any atom is -0.364 e. The number of primary amides is 1. The van der Waals surface area contributed by atoms with Gasteiger partial charge in [-0.1, -0.05) is 6.92 Å². The quantitative estimate of drug-likeness (QED) is 0.725. The highest BCUT2D eigenvalue weighted by Gasteiger charge is 2.28. The zero-order chi connectivity index (χ0) is 9.42. The SMILES string of the molecule is CCc1[nH]c(C2CC2)nc1C(N)=O. The summed E-state index contributed by atoms with van der Waals surface area (Å²) in [5, 5.41) is 0. The monoisotopic (exact) mass is 179 g/mol. The molecule has 0 atom stereocenters. The van der Waals surface area contributed by atoms with Crippen molar-refractivity contribution in [2.75, 3.05) is 0 Å². The second-order valence-corrected chi connectivity index (χ2v) is 3.44. The molecule has 70 valence electrons. The van der Waals surface area contributed by atoms with E-state index in [1.807, 2.05) is 6.92 Å². The van der Waals surface area contributed by atoms with Crippen LogP contribution in [0.15, 0.2) is 0 Å². The fourth-order valence-corrected chi connectivity index (χ4v) is 1.44. The number of hydrogen-bond donors (Lipinski definition) is 2. The molecule has 0 bridgehead atoms. The van der Waals surface area contributed by atoms with Gasteiger partial charge in [-0.15, -0.1) is 0 Å². The van der Waals surface area contributed by atoms with Crippen molar-refractivity contribution < 1.29 is 4.79 Å². The van der Waals surface area contributed by atoms with Crippen LogP contribution in [-0.4, -0.2) is 15.9 Å². The minimum absolute atomic E-state index is 0.421. The zero-order valence-electron chi connectivity index (χ0n) is 7.63. The van der Waals surface area contributed by atoms with Gasteiger partial charge in [-0.3, -0.25) is 4.79 Å². The summed E-state index contributed by atoms with van der Waals surface area (Å²) in [5.74, 6) is 1.05. The molecule has 4 heteroatoms. The molecule has 1 aromatic rings. The third-order valence-electron chi connectivity index (χ3n) is 2.35. The van der Waals surface area contributed by atoms with Crippen LogP contribution in [0, 0.1) is 0 Å². The van der Waals surface area contributed by atoms with Crippen molar-refractivity contribution in [2.45, 2.75) is 32.1 Å². The third-order valence-corrected chi connectivity index (χ3v) is 2.35. The summed E-state index contributed by atoms with van der Waals surface area (Å²) >= 11 is 0. The molecule has 0 saturated heterocycles. The highest BCUT2D eigenvalue weighted by Crippen LogP contribution is 2.38. The van der Waals surface area contributed by atoms with E-state index in [9.17, 15) is 4.79 Å². The first-order valence-electron chi connectivity index (χ1n) is 4.61. The third kappa shape index (κ3) is 1.43. The minimum atomic E-state index is -0.431. The summed E-state index contributed by atoms with van der Waals surface area (Å²) in [6.07, 6.45) is 3.13. The molecular formula is C9H13N3O. The summed E-state index contributed by atoms with van der Waals surface area (Å²) in [6, 6.07) is 0. The predicted octanol–water partition coefficient (Wildman–Crippen LogP) is 0.948. The molecule has 13 heavy (non-hydrogen) atoms. The predicted molar refractivity (Wildman–Crippen MR) is 48.5 cm³/mol. The van der Waals surface area contributed by atoms with Crippen molar-refractivity contribution >= 4 is 5.91 Å². The fourth-order valence-electron chi connectivity index (χ4n) is 1.44. The number of carbonyl (C=O) groups is 1. The Labute approximate surface area is 76.5 Å². The smallest absolute Gasteiger partial charge is 0.269 e. The van der Waals surface area contributed by atoms with Gasteiger partial charge in [0, 0.05) is 11.6 Å². The van der Waals surface area contributed by atoms with Crippen molar-refractivity contribution in [1.82, 2.24) is 9.97 Å². The Hall–Kier alpha value is -1.32. The van der Waals surface area contributed by atoms with Crippen molar-refractivity contribution in [1.29, 1.82) is 0 Å². The Morgan fingerprint density at radius 2 is 2.38 bits per heavy atom. The number of nitrogens with zero attached hydrogens (tertiary/aromatic N) is 1. The van der Waals surface area contributed by atoms with Gasteiger partial charge in [0.15, 0.2) is 0 Å². The summed E-state index contributed by atoms with van der Waals surface area (Å²) in [4.78, 5) is 18.4. The first kappa shape index (κ1) is 8.29. The molecule has 0 aliphatic heterocycles. The normalized spacial score (nSPS) is 16.1. The Morgan fingerprint density at radius 1 is 1.69 bits per heavy atom. The molecule has 0 unspecified atom stereocenters. The average Bonchev–Trinajstić information content (AvgIpc) is 2.84. The van der Waals surface area contributed by atoms with E-state index in [4.69, 9.17) is 5.73 Å². The van der Waals surface area contributed by atoms with Gasteiger partial charge >= 0.3 is 0 Å². The van der Waals surface area contributed by atoms with Crippen LogP contribution in [0.3, 0.4) is 0 Å². The van der Waals surface area contributed by atoms with Gasteiger partial charge in [-0.05, 0) is 19.3 Å². The Bertz CT molecular complexity index is 339. The van der Waals surface area contributed by atoms with Gasteiger partial charge in [0.05, 0.1) is 0 Å². The van der Waals surface area contributed by atoms with Gasteiger partial charge in [0.2, 0.25) is 0 Å². The lowest BCUT2D eigenvalue weighted by molar-refractivity contribution is 0.0995. The number of nitrogens with one attached hydrogen (secondary N) is 1. The molecule has 1 aliphatic carbocycles. The molecule has 2 rings (SSSR count). The van der Waals surface area contributed by atoms with Gasteiger partial charge in [0.25, 0.3) is 5.91 Å². The number of aryl methyl sites for hydroxylation is 1. The van der Waals surface area contributed by atoms with Crippen molar-refractivity contribution in [3.05, 3.63) is 17.2 Å². The molecule has 0 radical (unpaired) electrons. The Morgan fingerprint density at radius 3 is 2.77 bits per heavy atom. The van der Waals surface area contributed by atoms with Gasteiger partial charge < -0.3 is 10.7 Å². The van der Waals surface area contributed by atoms with Crippen molar-refractivity contribution in [3.8, 4) is 0 Å². The summed E-state index contributed by atoms with van der Waals surface area (Å²) in [6.45, 7) is 1.98. The lowest BCUT2D eigenvalue weighted by Crippen LogP contribution is -2.13. The molecule has 4 nitrogen and oxygen atoms in total. The van der Waals surface area contributed by atoms with Crippen LogP contribution >= 0.6 is 0 Å². The largest absolute Gasteiger partial charge is 0.364 e. The maximum absolute atomic E-state index is 11.0. The number of aromatic amines is 1. The fraction of sp³-hybridized carbons (Fsp3) is 0.556. The Balaban J connectivity index is 2.36. The molecule has 1 fully saturated rings. The molecule has 0 aromatic carbocycles. The number of hydrogen-bond acceptors (Lipinski definition) is 2. The van der Waals surface area contributed by atoms with E-state index in [2.05, 4.69) is 9.97 Å². The van der Waals surface area contributed by atoms with Crippen LogP contribution in [0.25, 0.3) is 0 Å². The molecule has 3 N–H and O–H groups in total. The van der Waals surface area contributed by atoms with Crippen molar-refractivity contribution in [2.24, 2.45) is 5.73 Å². The van der Waals surface area contributed by atoms with Crippen LogP contribution in [-0.2, 0) is 6.42 Å². The zero-order valence-corrected chi connectivity index (χ0v) is 7.63. The molecule has 1 amide bonds. The summed E-state index contributed by atoms with van der Waals surface area (Å²) < 4.78 is 0. The number of H-pyrrole nitrogens is 1. The second-order valence-electron chi connectivity index (χ2n) is 3.44. The van der Waals surface area contributed by atoms with E-state index in [0.29, 0.717) is 11.6 Å². The van der Waals surface area contributed by atoms with Crippen LogP contribution < -0.4 is 5.73 Å². The molecule has 1 aromatic heterocycles. The number of imidazole rings is 1. The van der Waals surface area contributed by atoms with E-state index in [1.165, 1.54) is 12.8 Å². The van der Waals surface area contributed by atoms with Crippen LogP contribution in [0.5, 0.6) is 0 Å². The molecule has 1 saturated carbocycles. The van der Waals surface area contributed by atoms with Crippen LogP contribution in [0.1, 0.15) is 47.7 Å². The first-order valence-corrected chi connectivity index (χ1v) is 4.61. The van der Waals surface area contributed by atoms with E-state index < -0.39 is 5.91 Å². The topological polar surface area (TPSA) is 71.8 Å². The highest BCUT2D eigenvalue weighted by atomic mass is 16.1. The number of nitrogens with two attached hydrogens (primary N) is 1. The number of amides is 1. The molecular weight excluding hydrogens is 166 g/mol. The van der Waals surface area contributed by atoms with E-state index in [0.717, 1.165) is 17.9 Å². The Kier molecular flexibility index (Phi) is 1.83. The first-order chi connectivity index (χ1) is 6.22. The molecule has 0 spiro atoms. The number of aromatic nitrogens is 2. The lowest BCUT2D eigenvalue weighted by Gasteiger charge is -1.91. The number of carbonyl (C=O) groups excluding carboxylic acids is 1. The number of rotatable bonds is 3. The average molecular weight is 179 g/mol. The summed E-state index contributed by atoms with van der Waals surface area (Å²) in [5.41, 5.74) is 6.49. The van der Waals surface area contributed by atoms with Crippen molar-refractivity contribution in [3.63, 3.8) is 0 Å². The van der Waals surface area contributed by atoms with Gasteiger partial charge in [0.1, 0.15) is 11.5 Å².